The Hall–Kier alpha value is -2.69. The second-order valence-electron chi connectivity index (χ2n) is 6.17. The lowest BCUT2D eigenvalue weighted by Gasteiger charge is -2.36. The average Bonchev–Trinajstić information content (AvgIpc) is 3.31. The number of amides is 1. The summed E-state index contributed by atoms with van der Waals surface area (Å²) >= 11 is 1.30. The van der Waals surface area contributed by atoms with Crippen LogP contribution in [0.3, 0.4) is 0 Å². The minimum atomic E-state index is -1.56. The highest BCUT2D eigenvalue weighted by Gasteiger charge is 2.53. The Morgan fingerprint density at radius 3 is 2.77 bits per heavy atom. The van der Waals surface area contributed by atoms with Gasteiger partial charge in [-0.15, -0.1) is 11.8 Å². The fraction of sp³-hybridized carbons (Fsp3) is 0.263. The minimum Gasteiger partial charge on any atom is -0.497 e. The molecule has 0 saturated carbocycles. The molecule has 0 bridgehead atoms. The first-order valence-corrected chi connectivity index (χ1v) is 9.07. The van der Waals surface area contributed by atoms with E-state index in [0.717, 1.165) is 5.56 Å². The number of allylic oxidation sites excluding steroid dienone is 1. The number of benzene rings is 1. The molecule has 0 spiro atoms. The van der Waals surface area contributed by atoms with E-state index in [1.165, 1.54) is 22.9 Å². The molecule has 4 rings (SSSR count). The van der Waals surface area contributed by atoms with Crippen molar-refractivity contribution in [2.75, 3.05) is 12.9 Å². The van der Waals surface area contributed by atoms with Crippen LogP contribution in [0, 0.1) is 11.3 Å². The maximum Gasteiger partial charge on any atom is 0.231 e. The number of nitrogens with zero attached hydrogens (tertiary/aromatic N) is 2. The van der Waals surface area contributed by atoms with Crippen LogP contribution in [0.25, 0.3) is 0 Å². The summed E-state index contributed by atoms with van der Waals surface area (Å²) in [4.78, 5) is 14.2. The molecule has 0 radical (unpaired) electrons. The van der Waals surface area contributed by atoms with E-state index in [0.29, 0.717) is 22.1 Å². The van der Waals surface area contributed by atoms with Crippen molar-refractivity contribution < 1.29 is 19.1 Å². The van der Waals surface area contributed by atoms with E-state index in [4.69, 9.17) is 9.15 Å². The van der Waals surface area contributed by atoms with Crippen LogP contribution < -0.4 is 4.74 Å². The number of aliphatic hydroxyl groups is 1. The molecule has 1 amide bonds. The Kier molecular flexibility index (Phi) is 4.02. The number of carbonyl (C=O) groups excluding carboxylic acids is 1. The van der Waals surface area contributed by atoms with Gasteiger partial charge in [0.1, 0.15) is 5.75 Å². The van der Waals surface area contributed by atoms with Gasteiger partial charge in [0.15, 0.2) is 5.76 Å². The van der Waals surface area contributed by atoms with Crippen LogP contribution >= 0.6 is 11.8 Å². The quantitative estimate of drug-likeness (QED) is 0.896. The maximum absolute atomic E-state index is 12.9. The van der Waals surface area contributed by atoms with Crippen LogP contribution in [-0.2, 0) is 10.5 Å². The maximum atomic E-state index is 12.9. The van der Waals surface area contributed by atoms with Gasteiger partial charge >= 0.3 is 0 Å². The Balaban J connectivity index is 1.78. The molecule has 3 heterocycles. The third-order valence-corrected chi connectivity index (χ3v) is 5.97. The normalized spacial score (nSPS) is 25.2. The predicted molar refractivity (Wildman–Crippen MR) is 94.9 cm³/mol. The van der Waals surface area contributed by atoms with Crippen LogP contribution in [0.2, 0.25) is 0 Å². The average molecular weight is 368 g/mol. The molecule has 1 fully saturated rings. The molecule has 2 aromatic rings. The van der Waals surface area contributed by atoms with Gasteiger partial charge in [-0.25, -0.2) is 0 Å². The zero-order valence-electron chi connectivity index (χ0n) is 14.0. The summed E-state index contributed by atoms with van der Waals surface area (Å²) in [6.07, 6.45) is 1.57. The van der Waals surface area contributed by atoms with Gasteiger partial charge in [-0.05, 0) is 29.8 Å². The summed E-state index contributed by atoms with van der Waals surface area (Å²) in [6.45, 7) is 0. The van der Waals surface area contributed by atoms with E-state index in [2.05, 4.69) is 6.07 Å². The second-order valence-corrected chi connectivity index (χ2v) is 7.14. The molecule has 0 unspecified atom stereocenters. The van der Waals surface area contributed by atoms with Crippen molar-refractivity contribution in [1.82, 2.24) is 4.90 Å². The smallest absolute Gasteiger partial charge is 0.231 e. The summed E-state index contributed by atoms with van der Waals surface area (Å²) in [5, 5.41) is 21.4. The molecule has 7 heteroatoms. The highest BCUT2D eigenvalue weighted by molar-refractivity contribution is 8.03. The van der Waals surface area contributed by atoms with Gasteiger partial charge in [0.2, 0.25) is 11.6 Å². The Labute approximate surface area is 154 Å². The van der Waals surface area contributed by atoms with Gasteiger partial charge in [0, 0.05) is 12.3 Å². The van der Waals surface area contributed by atoms with E-state index >= 15 is 0 Å². The Bertz CT molecular complexity index is 914. The monoisotopic (exact) mass is 368 g/mol. The summed E-state index contributed by atoms with van der Waals surface area (Å²) in [5.41, 5.74) is -0.202. The molecule has 1 N–H and O–H groups in total. The lowest BCUT2D eigenvalue weighted by molar-refractivity contribution is -0.152. The van der Waals surface area contributed by atoms with E-state index in [-0.39, 0.29) is 24.0 Å². The van der Waals surface area contributed by atoms with E-state index in [1.54, 1.807) is 19.2 Å². The summed E-state index contributed by atoms with van der Waals surface area (Å²) < 4.78 is 10.5. The largest absolute Gasteiger partial charge is 0.497 e. The molecule has 6 nitrogen and oxygen atoms in total. The molecule has 1 aromatic carbocycles. The molecular weight excluding hydrogens is 352 g/mol. The molecule has 2 aliphatic rings. The lowest BCUT2D eigenvalue weighted by atomic mass is 9.86. The number of hydrogen-bond acceptors (Lipinski definition) is 6. The number of nitriles is 1. The van der Waals surface area contributed by atoms with Crippen LogP contribution in [0.5, 0.6) is 5.75 Å². The molecule has 2 atom stereocenters. The standard InChI is InChI=1S/C19H16N2O4S/c1-24-13-6-4-12(5-7-13)14-9-17(22)21-18(15(14)10-20)26-11-19(21,23)16-3-2-8-25-16/h2-8,14,23H,9,11H2,1H3/t14-,19+/m1/s1. The molecular formula is C19H16N2O4S. The summed E-state index contributed by atoms with van der Waals surface area (Å²) in [5.74, 6) is 0.668. The number of ether oxygens (including phenoxy) is 1. The number of carbonyl (C=O) groups is 1. The zero-order chi connectivity index (χ0) is 18.3. The van der Waals surface area contributed by atoms with Crippen LogP contribution in [0.1, 0.15) is 23.7 Å². The fourth-order valence-electron chi connectivity index (χ4n) is 3.44. The first-order valence-electron chi connectivity index (χ1n) is 8.09. The zero-order valence-corrected chi connectivity index (χ0v) is 14.8. The van der Waals surface area contributed by atoms with Gasteiger partial charge < -0.3 is 14.3 Å². The van der Waals surface area contributed by atoms with Gasteiger partial charge in [0.25, 0.3) is 0 Å². The Morgan fingerprint density at radius 1 is 1.38 bits per heavy atom. The van der Waals surface area contributed by atoms with Crippen LogP contribution in [0.4, 0.5) is 0 Å². The van der Waals surface area contributed by atoms with Crippen LogP contribution in [-0.4, -0.2) is 28.8 Å². The molecule has 132 valence electrons. The van der Waals surface area contributed by atoms with Crippen molar-refractivity contribution in [2.24, 2.45) is 0 Å². The number of rotatable bonds is 3. The van der Waals surface area contributed by atoms with Gasteiger partial charge in [-0.3, -0.25) is 9.69 Å². The summed E-state index contributed by atoms with van der Waals surface area (Å²) in [7, 11) is 1.59. The van der Waals surface area contributed by atoms with Crippen molar-refractivity contribution >= 4 is 17.7 Å². The molecule has 1 aromatic heterocycles. The molecule has 26 heavy (non-hydrogen) atoms. The van der Waals surface area contributed by atoms with Gasteiger partial charge in [-0.2, -0.15) is 5.26 Å². The topological polar surface area (TPSA) is 86.7 Å². The molecule has 1 saturated heterocycles. The highest BCUT2D eigenvalue weighted by Crippen LogP contribution is 2.51. The number of hydrogen-bond donors (Lipinski definition) is 1. The first-order chi connectivity index (χ1) is 12.6. The summed E-state index contributed by atoms with van der Waals surface area (Å²) in [6, 6.07) is 12.9. The van der Waals surface area contributed by atoms with Gasteiger partial charge in [0.05, 0.1) is 35.8 Å². The minimum absolute atomic E-state index is 0.113. The van der Waals surface area contributed by atoms with E-state index in [9.17, 15) is 15.2 Å². The fourth-order valence-corrected chi connectivity index (χ4v) is 4.77. The predicted octanol–water partition coefficient (Wildman–Crippen LogP) is 2.93. The van der Waals surface area contributed by atoms with Crippen molar-refractivity contribution in [3.63, 3.8) is 0 Å². The SMILES string of the molecule is COc1ccc([C@H]2CC(=O)N3C(=C2C#N)SC[C@]3(O)c2ccco2)cc1. The van der Waals surface area contributed by atoms with E-state index in [1.807, 2.05) is 24.3 Å². The Morgan fingerprint density at radius 2 is 2.15 bits per heavy atom. The van der Waals surface area contributed by atoms with Crippen molar-refractivity contribution in [1.29, 1.82) is 5.26 Å². The van der Waals surface area contributed by atoms with Crippen molar-refractivity contribution in [3.8, 4) is 11.8 Å². The third kappa shape index (κ3) is 2.42. The van der Waals surface area contributed by atoms with E-state index < -0.39 is 5.72 Å². The highest BCUT2D eigenvalue weighted by atomic mass is 32.2. The van der Waals surface area contributed by atoms with Gasteiger partial charge in [-0.1, -0.05) is 12.1 Å². The van der Waals surface area contributed by atoms with Crippen LogP contribution in [0.15, 0.2) is 57.7 Å². The van der Waals surface area contributed by atoms with Crippen molar-refractivity contribution in [3.05, 3.63) is 64.6 Å². The lowest BCUT2D eigenvalue weighted by Crippen LogP contribution is -2.48. The number of methoxy groups -OCH3 is 1. The molecule has 2 aliphatic heterocycles. The first kappa shape index (κ1) is 16.8. The molecule has 0 aliphatic carbocycles. The second kappa shape index (κ2) is 6.24. The third-order valence-electron chi connectivity index (χ3n) is 4.74. The number of fused-ring (bicyclic) bond motifs is 1. The van der Waals surface area contributed by atoms with Crippen molar-refractivity contribution in [2.45, 2.75) is 18.1 Å². The number of furan rings is 1. The number of thioether (sulfide) groups is 1.